The highest BCUT2D eigenvalue weighted by atomic mass is 32.2. The van der Waals surface area contributed by atoms with Crippen LogP contribution in [0.15, 0.2) is 53.9 Å². The second-order valence-electron chi connectivity index (χ2n) is 5.00. The van der Waals surface area contributed by atoms with Crippen molar-refractivity contribution in [3.8, 4) is 21.8 Å². The molecular formula is C16H13FN2O2S2. The van der Waals surface area contributed by atoms with Crippen molar-refractivity contribution in [1.29, 1.82) is 0 Å². The van der Waals surface area contributed by atoms with Gasteiger partial charge in [-0.3, -0.25) is 4.72 Å². The third-order valence-corrected chi connectivity index (χ3v) is 4.58. The van der Waals surface area contributed by atoms with Gasteiger partial charge in [0.25, 0.3) is 0 Å². The first-order chi connectivity index (χ1) is 10.9. The zero-order valence-electron chi connectivity index (χ0n) is 12.2. The van der Waals surface area contributed by atoms with Crippen molar-refractivity contribution in [3.05, 3.63) is 59.7 Å². The van der Waals surface area contributed by atoms with Crippen LogP contribution in [0.4, 0.5) is 10.1 Å². The summed E-state index contributed by atoms with van der Waals surface area (Å²) in [6.45, 7) is 0. The number of rotatable bonds is 4. The van der Waals surface area contributed by atoms with Crippen LogP contribution >= 0.6 is 11.3 Å². The molecule has 2 aromatic carbocycles. The molecule has 0 unspecified atom stereocenters. The molecule has 0 atom stereocenters. The molecule has 0 saturated carbocycles. The van der Waals surface area contributed by atoms with E-state index < -0.39 is 10.0 Å². The monoisotopic (exact) mass is 348 g/mol. The number of halogens is 1. The van der Waals surface area contributed by atoms with Crippen LogP contribution < -0.4 is 4.72 Å². The summed E-state index contributed by atoms with van der Waals surface area (Å²) in [5, 5.41) is 2.72. The van der Waals surface area contributed by atoms with Crippen LogP contribution in [0.2, 0.25) is 0 Å². The molecule has 118 valence electrons. The Hall–Kier alpha value is -2.25. The average molecular weight is 348 g/mol. The molecular weight excluding hydrogens is 335 g/mol. The molecule has 3 rings (SSSR count). The maximum atomic E-state index is 13.0. The van der Waals surface area contributed by atoms with E-state index in [1.54, 1.807) is 36.4 Å². The highest BCUT2D eigenvalue weighted by Gasteiger charge is 2.08. The van der Waals surface area contributed by atoms with Crippen LogP contribution in [-0.4, -0.2) is 19.7 Å². The molecule has 0 saturated heterocycles. The number of nitrogens with zero attached hydrogens (tertiary/aromatic N) is 1. The van der Waals surface area contributed by atoms with Gasteiger partial charge in [0.2, 0.25) is 10.0 Å². The standard InChI is InChI=1S/C16H13FN2O2S2/c1-23(20,21)19-14-8-4-11(5-9-14)15-10-22-16(18-15)12-2-6-13(17)7-3-12/h2-10,19H,1H3. The Morgan fingerprint density at radius 1 is 1.00 bits per heavy atom. The van der Waals surface area contributed by atoms with Crippen LogP contribution in [0.1, 0.15) is 0 Å². The molecule has 0 amide bonds. The lowest BCUT2D eigenvalue weighted by molar-refractivity contribution is 0.607. The minimum atomic E-state index is -3.28. The minimum Gasteiger partial charge on any atom is -0.284 e. The maximum Gasteiger partial charge on any atom is 0.229 e. The number of anilines is 1. The SMILES string of the molecule is CS(=O)(=O)Nc1ccc(-c2csc(-c3ccc(F)cc3)n2)cc1. The molecule has 1 aromatic heterocycles. The van der Waals surface area contributed by atoms with Crippen molar-refractivity contribution in [2.45, 2.75) is 0 Å². The lowest BCUT2D eigenvalue weighted by atomic mass is 10.1. The summed E-state index contributed by atoms with van der Waals surface area (Å²) in [4.78, 5) is 4.54. The number of nitrogens with one attached hydrogen (secondary N) is 1. The first kappa shape index (κ1) is 15.6. The van der Waals surface area contributed by atoms with Gasteiger partial charge in [0.1, 0.15) is 10.8 Å². The number of hydrogen-bond acceptors (Lipinski definition) is 4. The van der Waals surface area contributed by atoms with Crippen LogP contribution in [0.3, 0.4) is 0 Å². The smallest absolute Gasteiger partial charge is 0.229 e. The van der Waals surface area contributed by atoms with Crippen LogP contribution in [0.25, 0.3) is 21.8 Å². The zero-order valence-corrected chi connectivity index (χ0v) is 13.8. The predicted octanol–water partition coefficient (Wildman–Crippen LogP) is 3.99. The van der Waals surface area contributed by atoms with Gasteiger partial charge < -0.3 is 0 Å². The first-order valence-electron chi connectivity index (χ1n) is 6.70. The second-order valence-corrected chi connectivity index (χ2v) is 7.60. The van der Waals surface area contributed by atoms with E-state index in [4.69, 9.17) is 0 Å². The third-order valence-electron chi connectivity index (χ3n) is 3.08. The van der Waals surface area contributed by atoms with Crippen molar-refractivity contribution >= 4 is 27.0 Å². The van der Waals surface area contributed by atoms with Crippen molar-refractivity contribution in [3.63, 3.8) is 0 Å². The molecule has 3 aromatic rings. The van der Waals surface area contributed by atoms with Gasteiger partial charge in [0.15, 0.2) is 0 Å². The molecule has 1 N–H and O–H groups in total. The molecule has 0 aliphatic heterocycles. The number of sulfonamides is 1. The van der Waals surface area contributed by atoms with Gasteiger partial charge in [-0.05, 0) is 36.4 Å². The fourth-order valence-corrected chi connectivity index (χ4v) is 3.45. The van der Waals surface area contributed by atoms with E-state index in [1.165, 1.54) is 23.5 Å². The predicted molar refractivity (Wildman–Crippen MR) is 91.4 cm³/mol. The normalized spacial score (nSPS) is 11.4. The number of aromatic nitrogens is 1. The summed E-state index contributed by atoms with van der Waals surface area (Å²) in [5.41, 5.74) is 3.04. The largest absolute Gasteiger partial charge is 0.284 e. The van der Waals surface area contributed by atoms with E-state index >= 15 is 0 Å². The van der Waals surface area contributed by atoms with Crippen molar-refractivity contribution in [1.82, 2.24) is 4.98 Å². The average Bonchev–Trinajstić information content (AvgIpc) is 2.97. The van der Waals surface area contributed by atoms with Crippen LogP contribution in [0.5, 0.6) is 0 Å². The molecule has 4 nitrogen and oxygen atoms in total. The fourth-order valence-electron chi connectivity index (χ4n) is 2.05. The van der Waals surface area contributed by atoms with Gasteiger partial charge in [-0.1, -0.05) is 12.1 Å². The van der Waals surface area contributed by atoms with Crippen molar-refractivity contribution in [2.24, 2.45) is 0 Å². The minimum absolute atomic E-state index is 0.278. The maximum absolute atomic E-state index is 13.0. The molecule has 0 radical (unpaired) electrons. The van der Waals surface area contributed by atoms with E-state index in [0.29, 0.717) is 5.69 Å². The lowest BCUT2D eigenvalue weighted by Crippen LogP contribution is -2.09. The quantitative estimate of drug-likeness (QED) is 0.775. The number of thiazole rings is 1. The Labute approximate surface area is 137 Å². The topological polar surface area (TPSA) is 59.1 Å². The van der Waals surface area contributed by atoms with Gasteiger partial charge in [-0.15, -0.1) is 11.3 Å². The second kappa shape index (κ2) is 6.10. The van der Waals surface area contributed by atoms with E-state index in [1.807, 2.05) is 5.38 Å². The summed E-state index contributed by atoms with van der Waals surface area (Å²) in [6, 6.07) is 13.2. The molecule has 1 heterocycles. The summed E-state index contributed by atoms with van der Waals surface area (Å²) in [6.07, 6.45) is 1.11. The molecule has 0 spiro atoms. The van der Waals surface area contributed by atoms with Crippen LogP contribution in [0, 0.1) is 5.82 Å². The van der Waals surface area contributed by atoms with Gasteiger partial charge in [0.05, 0.1) is 11.9 Å². The Morgan fingerprint density at radius 3 is 2.22 bits per heavy atom. The van der Waals surface area contributed by atoms with E-state index in [9.17, 15) is 12.8 Å². The Morgan fingerprint density at radius 2 is 1.61 bits per heavy atom. The lowest BCUT2D eigenvalue weighted by Gasteiger charge is -2.04. The van der Waals surface area contributed by atoms with E-state index in [0.717, 1.165) is 28.1 Å². The van der Waals surface area contributed by atoms with E-state index in [2.05, 4.69) is 9.71 Å². The Balaban J connectivity index is 1.84. The summed E-state index contributed by atoms with van der Waals surface area (Å²) >= 11 is 1.47. The van der Waals surface area contributed by atoms with Crippen LogP contribution in [-0.2, 0) is 10.0 Å². The highest BCUT2D eigenvalue weighted by molar-refractivity contribution is 7.92. The molecule has 0 fully saturated rings. The Kier molecular flexibility index (Phi) is 4.14. The fraction of sp³-hybridized carbons (Fsp3) is 0.0625. The van der Waals surface area contributed by atoms with Gasteiger partial charge in [-0.25, -0.2) is 17.8 Å². The van der Waals surface area contributed by atoms with Crippen molar-refractivity contribution < 1.29 is 12.8 Å². The molecule has 0 aliphatic rings. The summed E-state index contributed by atoms with van der Waals surface area (Å²) in [5.74, 6) is -0.278. The van der Waals surface area contributed by atoms with Crippen molar-refractivity contribution in [2.75, 3.05) is 11.0 Å². The Bertz CT molecular complexity index is 917. The highest BCUT2D eigenvalue weighted by Crippen LogP contribution is 2.29. The number of hydrogen-bond donors (Lipinski definition) is 1. The van der Waals surface area contributed by atoms with E-state index in [-0.39, 0.29) is 5.82 Å². The molecule has 0 bridgehead atoms. The van der Waals surface area contributed by atoms with Gasteiger partial charge >= 0.3 is 0 Å². The van der Waals surface area contributed by atoms with Gasteiger partial charge in [0, 0.05) is 22.2 Å². The third kappa shape index (κ3) is 3.94. The van der Waals surface area contributed by atoms with Gasteiger partial charge in [-0.2, -0.15) is 0 Å². The molecule has 23 heavy (non-hydrogen) atoms. The number of benzene rings is 2. The zero-order chi connectivity index (χ0) is 16.4. The summed E-state index contributed by atoms with van der Waals surface area (Å²) in [7, 11) is -3.28. The molecule has 0 aliphatic carbocycles. The first-order valence-corrected chi connectivity index (χ1v) is 9.47. The summed E-state index contributed by atoms with van der Waals surface area (Å²) < 4.78 is 37.8. The molecule has 7 heteroatoms.